The fourth-order valence-corrected chi connectivity index (χ4v) is 3.79. The first-order valence-corrected chi connectivity index (χ1v) is 10.7. The van der Waals surface area contributed by atoms with E-state index in [2.05, 4.69) is 20.9 Å². The van der Waals surface area contributed by atoms with Crippen molar-refractivity contribution >= 4 is 39.3 Å². The number of amides is 1. The van der Waals surface area contributed by atoms with E-state index < -0.39 is 11.7 Å². The van der Waals surface area contributed by atoms with Crippen molar-refractivity contribution in [1.82, 2.24) is 10.3 Å². The van der Waals surface area contributed by atoms with Crippen LogP contribution in [0.2, 0.25) is 0 Å². The molecular weight excluding hydrogens is 462 g/mol. The van der Waals surface area contributed by atoms with Crippen LogP contribution in [0.5, 0.6) is 0 Å². The van der Waals surface area contributed by atoms with Crippen LogP contribution in [-0.4, -0.2) is 31.0 Å². The second kappa shape index (κ2) is 12.2. The Balaban J connectivity index is 0.000000890. The third-order valence-corrected chi connectivity index (χ3v) is 5.58. The van der Waals surface area contributed by atoms with Gasteiger partial charge in [-0.1, -0.05) is 0 Å². The molecule has 0 bridgehead atoms. The Kier molecular flexibility index (Phi) is 9.67. The first kappa shape index (κ1) is 26.1. The Hall–Kier alpha value is -3.12. The fraction of sp³-hybridized carbons (Fsp3) is 0.333. The zero-order chi connectivity index (χ0) is 24.4. The van der Waals surface area contributed by atoms with Crippen molar-refractivity contribution in [2.45, 2.75) is 32.1 Å². The van der Waals surface area contributed by atoms with Gasteiger partial charge in [-0.15, -0.1) is 16.2 Å². The lowest BCUT2D eigenvalue weighted by Gasteiger charge is -2.15. The lowest BCUT2D eigenvalue weighted by atomic mass is 10.2. The minimum Gasteiger partial charge on any atom is -0.386 e. The average molecular weight is 486 g/mol. The molecular formula is C21H23F4N5O2S. The molecule has 1 amide bonds. The lowest BCUT2D eigenvalue weighted by molar-refractivity contribution is -0.137. The maximum atomic E-state index is 13.4. The van der Waals surface area contributed by atoms with Crippen molar-refractivity contribution in [3.8, 4) is 0 Å². The summed E-state index contributed by atoms with van der Waals surface area (Å²) in [5.74, 6) is -0.304. The Bertz CT molecular complexity index is 1070. The van der Waals surface area contributed by atoms with Gasteiger partial charge >= 0.3 is 6.18 Å². The number of aromatic nitrogens is 1. The molecule has 2 aromatic carbocycles. The van der Waals surface area contributed by atoms with E-state index in [1.165, 1.54) is 29.5 Å². The number of benzene rings is 2. The molecule has 178 valence electrons. The van der Waals surface area contributed by atoms with Crippen molar-refractivity contribution in [3.63, 3.8) is 0 Å². The van der Waals surface area contributed by atoms with Gasteiger partial charge in [0.25, 0.3) is 6.41 Å². The van der Waals surface area contributed by atoms with E-state index >= 15 is 0 Å². The third kappa shape index (κ3) is 8.06. The van der Waals surface area contributed by atoms with Gasteiger partial charge in [-0.3, -0.25) is 4.79 Å². The number of rotatable bonds is 9. The van der Waals surface area contributed by atoms with Crippen LogP contribution in [-0.2, 0) is 17.5 Å². The van der Waals surface area contributed by atoms with Gasteiger partial charge in [0, 0.05) is 31.4 Å². The van der Waals surface area contributed by atoms with E-state index in [0.29, 0.717) is 24.3 Å². The predicted octanol–water partition coefficient (Wildman–Crippen LogP) is 5.39. The van der Waals surface area contributed by atoms with Gasteiger partial charge < -0.3 is 16.0 Å². The topological polar surface area (TPSA) is 95.5 Å². The van der Waals surface area contributed by atoms with E-state index in [4.69, 9.17) is 9.70 Å². The quantitative estimate of drug-likeness (QED) is 0.214. The largest absolute Gasteiger partial charge is 0.416 e. The first-order chi connectivity index (χ1) is 15.7. The summed E-state index contributed by atoms with van der Waals surface area (Å²) in [6.07, 6.45) is -3.64. The number of thiazole rings is 1. The van der Waals surface area contributed by atoms with Gasteiger partial charge in [0.15, 0.2) is 0 Å². The maximum absolute atomic E-state index is 13.4. The fourth-order valence-electron chi connectivity index (χ4n) is 2.89. The molecule has 0 aliphatic carbocycles. The van der Waals surface area contributed by atoms with Crippen molar-refractivity contribution in [2.75, 3.05) is 24.2 Å². The summed E-state index contributed by atoms with van der Waals surface area (Å²) in [6, 6.07) is 8.30. The van der Waals surface area contributed by atoms with Crippen LogP contribution in [0.1, 0.15) is 23.9 Å². The second-order valence-corrected chi connectivity index (χ2v) is 8.05. The molecule has 0 aliphatic rings. The number of nitrogens with one attached hydrogen (secondary N) is 3. The van der Waals surface area contributed by atoms with Crippen LogP contribution in [0.3, 0.4) is 0 Å². The molecule has 3 rings (SSSR count). The number of hydrogen-bond acceptors (Lipinski definition) is 7. The van der Waals surface area contributed by atoms with Crippen LogP contribution in [0.15, 0.2) is 41.6 Å². The number of alkyl halides is 3. The average Bonchev–Trinajstić information content (AvgIpc) is 3.20. The van der Waals surface area contributed by atoms with Gasteiger partial charge in [-0.25, -0.2) is 9.37 Å². The van der Waals surface area contributed by atoms with Gasteiger partial charge in [-0.05, 0) is 49.7 Å². The Morgan fingerprint density at radius 2 is 1.91 bits per heavy atom. The van der Waals surface area contributed by atoms with Gasteiger partial charge in [-0.2, -0.15) is 13.2 Å². The highest BCUT2D eigenvalue weighted by Crippen LogP contribution is 2.32. The van der Waals surface area contributed by atoms with E-state index in [-0.39, 0.29) is 18.3 Å². The standard InChI is InChI=1S/C20H22F4N4S.CHNO2/c1-12(7-8-26-16-10-14(21)4-5-15(16)25-2)27-11-19-28-17-9-13(20(22,23)24)3-6-18(17)29-19;3-1-2-4/h3-6,9-10,12,25-27H,7-8,11H2,1-2H3;1H. The van der Waals surface area contributed by atoms with Crippen LogP contribution < -0.4 is 16.0 Å². The summed E-state index contributed by atoms with van der Waals surface area (Å²) in [4.78, 5) is 21.6. The minimum atomic E-state index is -4.37. The number of fused-ring (bicyclic) bond motifs is 1. The van der Waals surface area contributed by atoms with Gasteiger partial charge in [0.05, 0.1) is 27.2 Å². The minimum absolute atomic E-state index is 0.0556. The molecule has 12 heteroatoms. The molecule has 0 saturated heterocycles. The number of halogens is 4. The number of carbonyl (C=O) groups is 1. The van der Waals surface area contributed by atoms with E-state index in [1.807, 2.05) is 6.92 Å². The molecule has 0 saturated carbocycles. The molecule has 0 aliphatic heterocycles. The summed E-state index contributed by atoms with van der Waals surface area (Å²) in [5, 5.41) is 12.1. The van der Waals surface area contributed by atoms with Crippen molar-refractivity contribution < 1.29 is 22.4 Å². The lowest BCUT2D eigenvalue weighted by Crippen LogP contribution is -2.27. The summed E-state index contributed by atoms with van der Waals surface area (Å²) < 4.78 is 52.6. The molecule has 0 radical (unpaired) electrons. The predicted molar refractivity (Wildman–Crippen MR) is 122 cm³/mol. The van der Waals surface area contributed by atoms with Gasteiger partial charge in [0.1, 0.15) is 10.8 Å². The molecule has 1 heterocycles. The zero-order valence-electron chi connectivity index (χ0n) is 17.9. The number of nitroso groups, excluding NO2 is 1. The highest BCUT2D eigenvalue weighted by atomic mass is 32.1. The Morgan fingerprint density at radius 3 is 2.55 bits per heavy atom. The summed E-state index contributed by atoms with van der Waals surface area (Å²) in [5.41, 5.74) is 1.19. The number of nitrogens with zero attached hydrogens (tertiary/aromatic N) is 2. The number of hydrogen-bond donors (Lipinski definition) is 3. The van der Waals surface area contributed by atoms with Crippen LogP contribution >= 0.6 is 11.3 Å². The molecule has 33 heavy (non-hydrogen) atoms. The SMILES string of the molecule is CNc1ccc(F)cc1NCCC(C)NCc1nc2cc(C(F)(F)F)ccc2s1.O=CN=O. The zero-order valence-corrected chi connectivity index (χ0v) is 18.7. The van der Waals surface area contributed by atoms with Crippen molar-refractivity contribution in [2.24, 2.45) is 5.18 Å². The Morgan fingerprint density at radius 1 is 1.18 bits per heavy atom. The highest BCUT2D eigenvalue weighted by molar-refractivity contribution is 7.18. The van der Waals surface area contributed by atoms with E-state index in [1.54, 1.807) is 18.3 Å². The molecule has 3 aromatic rings. The van der Waals surface area contributed by atoms with Crippen LogP contribution in [0.25, 0.3) is 10.2 Å². The Labute approximate surface area is 191 Å². The molecule has 0 spiro atoms. The summed E-state index contributed by atoms with van der Waals surface area (Å²) >= 11 is 1.38. The number of anilines is 2. The summed E-state index contributed by atoms with van der Waals surface area (Å²) in [7, 11) is 1.78. The van der Waals surface area contributed by atoms with Crippen LogP contribution in [0, 0.1) is 10.7 Å². The maximum Gasteiger partial charge on any atom is 0.416 e. The molecule has 0 fully saturated rings. The molecule has 7 nitrogen and oxygen atoms in total. The van der Waals surface area contributed by atoms with Crippen molar-refractivity contribution in [3.05, 3.63) is 57.7 Å². The number of carbonyl (C=O) groups excluding carboxylic acids is 1. The summed E-state index contributed by atoms with van der Waals surface area (Å²) in [6.45, 7) is 3.13. The molecule has 1 unspecified atom stereocenters. The van der Waals surface area contributed by atoms with E-state index in [9.17, 15) is 17.6 Å². The van der Waals surface area contributed by atoms with Crippen LogP contribution in [0.4, 0.5) is 28.9 Å². The highest BCUT2D eigenvalue weighted by Gasteiger charge is 2.30. The normalized spacial score (nSPS) is 11.9. The molecule has 3 N–H and O–H groups in total. The smallest absolute Gasteiger partial charge is 0.386 e. The monoisotopic (exact) mass is 485 g/mol. The van der Waals surface area contributed by atoms with Gasteiger partial charge in [0.2, 0.25) is 0 Å². The van der Waals surface area contributed by atoms with E-state index in [0.717, 1.165) is 33.9 Å². The second-order valence-electron chi connectivity index (χ2n) is 6.94. The molecule has 1 aromatic heterocycles. The third-order valence-electron chi connectivity index (χ3n) is 4.55. The molecule has 1 atom stereocenters. The van der Waals surface area contributed by atoms with Crippen molar-refractivity contribution in [1.29, 1.82) is 0 Å². The first-order valence-electron chi connectivity index (χ1n) is 9.85.